The first kappa shape index (κ1) is 21.0. The van der Waals surface area contributed by atoms with Crippen LogP contribution in [0.2, 0.25) is 0 Å². The molecule has 1 atom stereocenters. The van der Waals surface area contributed by atoms with E-state index in [9.17, 15) is 18.0 Å². The highest BCUT2D eigenvalue weighted by molar-refractivity contribution is 5.90. The molecule has 6 heterocycles. The second kappa shape index (κ2) is 8.04. The van der Waals surface area contributed by atoms with E-state index in [0.29, 0.717) is 23.3 Å². The quantitative estimate of drug-likeness (QED) is 0.419. The summed E-state index contributed by atoms with van der Waals surface area (Å²) in [6.07, 6.45) is 0.588. The first-order valence-corrected chi connectivity index (χ1v) is 10.6. The van der Waals surface area contributed by atoms with Crippen LogP contribution in [0, 0.1) is 5.82 Å². The smallest absolute Gasteiger partial charge is 0.312 e. The van der Waals surface area contributed by atoms with E-state index in [1.165, 1.54) is 41.7 Å². The number of pyridine rings is 2. The van der Waals surface area contributed by atoms with Crippen molar-refractivity contribution < 1.29 is 22.4 Å². The molecule has 35 heavy (non-hydrogen) atoms. The van der Waals surface area contributed by atoms with Crippen LogP contribution in [0.4, 0.5) is 13.2 Å². The van der Waals surface area contributed by atoms with Crippen LogP contribution in [0.3, 0.4) is 0 Å². The van der Waals surface area contributed by atoms with Crippen molar-refractivity contribution in [1.82, 2.24) is 39.7 Å². The van der Waals surface area contributed by atoms with Gasteiger partial charge in [-0.05, 0) is 30.3 Å². The predicted octanol–water partition coefficient (Wildman–Crippen LogP) is 3.37. The van der Waals surface area contributed by atoms with E-state index in [-0.39, 0.29) is 29.7 Å². The molecule has 0 radical (unpaired) electrons. The normalized spacial score (nSPS) is 15.7. The number of hydrogen-bond donors (Lipinski definition) is 1. The van der Waals surface area contributed by atoms with Crippen LogP contribution in [-0.4, -0.2) is 52.1 Å². The molecule has 1 N–H and O–H groups in total. The number of fused-ring (bicyclic) bond motifs is 2. The van der Waals surface area contributed by atoms with Crippen LogP contribution < -0.4 is 0 Å². The number of nitrogens with one attached hydrogen (secondary N) is 1. The van der Waals surface area contributed by atoms with Gasteiger partial charge in [-0.25, -0.2) is 27.7 Å². The minimum Gasteiger partial charge on any atom is -0.411 e. The monoisotopic (exact) mass is 480 g/mol. The van der Waals surface area contributed by atoms with Gasteiger partial charge in [-0.1, -0.05) is 6.07 Å². The predicted molar refractivity (Wildman–Crippen MR) is 113 cm³/mol. The van der Waals surface area contributed by atoms with E-state index < -0.39 is 24.2 Å². The Morgan fingerprint density at radius 2 is 2.06 bits per heavy atom. The largest absolute Gasteiger partial charge is 0.411 e. The molecule has 0 aliphatic carbocycles. The van der Waals surface area contributed by atoms with Gasteiger partial charge >= 0.3 is 11.8 Å². The molecule has 10 nitrogen and oxygen atoms in total. The lowest BCUT2D eigenvalue weighted by Gasteiger charge is -2.32. The van der Waals surface area contributed by atoms with E-state index in [2.05, 4.69) is 30.2 Å². The Kier molecular flexibility index (Phi) is 4.83. The maximum atomic E-state index is 14.1. The van der Waals surface area contributed by atoms with Crippen LogP contribution >= 0.6 is 0 Å². The molecule has 1 aliphatic heterocycles. The number of carbonyl (C=O) groups is 1. The number of halogens is 3. The molecular formula is C22H15F3N8O2. The number of aromatic amines is 1. The zero-order valence-corrected chi connectivity index (χ0v) is 17.8. The number of imidazole rings is 1. The van der Waals surface area contributed by atoms with E-state index >= 15 is 0 Å². The minimum atomic E-state index is -2.74. The van der Waals surface area contributed by atoms with Crippen LogP contribution in [0.15, 0.2) is 53.3 Å². The van der Waals surface area contributed by atoms with E-state index in [4.69, 9.17) is 4.42 Å². The van der Waals surface area contributed by atoms with Gasteiger partial charge in [0.25, 0.3) is 12.3 Å². The number of rotatable bonds is 4. The molecule has 176 valence electrons. The van der Waals surface area contributed by atoms with Crippen molar-refractivity contribution in [2.45, 2.75) is 18.9 Å². The highest BCUT2D eigenvalue weighted by atomic mass is 19.3. The first-order chi connectivity index (χ1) is 17.0. The van der Waals surface area contributed by atoms with Crippen molar-refractivity contribution in [2.24, 2.45) is 0 Å². The third kappa shape index (κ3) is 3.43. The van der Waals surface area contributed by atoms with Gasteiger partial charge in [-0.3, -0.25) is 4.79 Å². The van der Waals surface area contributed by atoms with Gasteiger partial charge in [0.15, 0.2) is 11.5 Å². The fourth-order valence-corrected chi connectivity index (χ4v) is 4.22. The minimum absolute atomic E-state index is 0.177. The number of alkyl halides is 2. The van der Waals surface area contributed by atoms with Gasteiger partial charge in [0.05, 0.1) is 23.2 Å². The lowest BCUT2D eigenvalue weighted by Crippen LogP contribution is -2.41. The third-order valence-electron chi connectivity index (χ3n) is 5.79. The molecule has 5 aromatic heterocycles. The summed E-state index contributed by atoms with van der Waals surface area (Å²) in [6.45, 7) is 0.240. The van der Waals surface area contributed by atoms with Crippen molar-refractivity contribution in [2.75, 3.05) is 6.54 Å². The highest BCUT2D eigenvalue weighted by Gasteiger charge is 2.38. The lowest BCUT2D eigenvalue weighted by molar-refractivity contribution is 0.0646. The molecule has 0 aromatic carbocycles. The van der Waals surface area contributed by atoms with E-state index in [1.54, 1.807) is 12.1 Å². The zero-order valence-electron chi connectivity index (χ0n) is 17.8. The summed E-state index contributed by atoms with van der Waals surface area (Å²) in [5, 5.41) is 12.0. The Labute approximate surface area is 194 Å². The van der Waals surface area contributed by atoms with Gasteiger partial charge in [-0.2, -0.15) is 5.10 Å². The third-order valence-corrected chi connectivity index (χ3v) is 5.79. The Morgan fingerprint density at radius 1 is 1.17 bits per heavy atom. The molecule has 13 heteroatoms. The van der Waals surface area contributed by atoms with Gasteiger partial charge in [0.2, 0.25) is 0 Å². The summed E-state index contributed by atoms with van der Waals surface area (Å²) in [5.74, 6) is -1.92. The standard InChI is InChI=1S/C22H15F3N8O2/c23-12-4-2-7-26-16(12)20-29-30-21(35-20)22(34)32-8-6-13-17(28-10-27-13)18(32)14-9-11-3-1-5-15(19(24)25)33(11)31-14/h1-5,7,9-10,18-19H,6,8H2,(H,27,28)/t18-/m1/s1. The van der Waals surface area contributed by atoms with Crippen molar-refractivity contribution in [1.29, 1.82) is 0 Å². The summed E-state index contributed by atoms with van der Waals surface area (Å²) in [5.41, 5.74) is 1.66. The van der Waals surface area contributed by atoms with Gasteiger partial charge in [-0.15, -0.1) is 10.2 Å². The highest BCUT2D eigenvalue weighted by Crippen LogP contribution is 2.35. The zero-order chi connectivity index (χ0) is 24.1. The molecule has 5 aromatic rings. The molecule has 0 bridgehead atoms. The Balaban J connectivity index is 1.42. The Morgan fingerprint density at radius 3 is 2.89 bits per heavy atom. The van der Waals surface area contributed by atoms with Crippen LogP contribution in [-0.2, 0) is 6.42 Å². The molecule has 0 saturated heterocycles. The summed E-state index contributed by atoms with van der Waals surface area (Å²) >= 11 is 0. The van der Waals surface area contributed by atoms with Gasteiger partial charge in [0.1, 0.15) is 11.7 Å². The summed E-state index contributed by atoms with van der Waals surface area (Å²) < 4.78 is 47.8. The van der Waals surface area contributed by atoms with Crippen molar-refractivity contribution >= 4 is 11.4 Å². The average Bonchev–Trinajstić information content (AvgIpc) is 3.62. The number of nitrogens with zero attached hydrogens (tertiary/aromatic N) is 7. The molecule has 1 amide bonds. The van der Waals surface area contributed by atoms with E-state index in [1.807, 2.05) is 0 Å². The number of hydrogen-bond acceptors (Lipinski definition) is 7. The number of aromatic nitrogens is 7. The lowest BCUT2D eigenvalue weighted by atomic mass is 9.99. The van der Waals surface area contributed by atoms with Crippen LogP contribution in [0.1, 0.15) is 45.9 Å². The summed E-state index contributed by atoms with van der Waals surface area (Å²) in [7, 11) is 0. The molecule has 1 aliphatic rings. The molecule has 0 unspecified atom stereocenters. The second-order valence-electron chi connectivity index (χ2n) is 7.82. The van der Waals surface area contributed by atoms with Crippen LogP contribution in [0.25, 0.3) is 17.1 Å². The molecule has 0 spiro atoms. The Hall–Kier alpha value is -4.55. The SMILES string of the molecule is O=C(c1nnc(-c2ncccc2F)o1)N1CCc2[nH]cnc2[C@H]1c1cc2cccc(C(F)F)n2n1. The van der Waals surface area contributed by atoms with Crippen molar-refractivity contribution in [3.63, 3.8) is 0 Å². The van der Waals surface area contributed by atoms with Crippen LogP contribution in [0.5, 0.6) is 0 Å². The molecule has 0 fully saturated rings. The fraction of sp³-hybridized carbons (Fsp3) is 0.182. The first-order valence-electron chi connectivity index (χ1n) is 10.6. The molecule has 0 saturated carbocycles. The molecule has 6 rings (SSSR count). The maximum absolute atomic E-state index is 14.1. The van der Waals surface area contributed by atoms with Crippen molar-refractivity contribution in [3.05, 3.63) is 83.4 Å². The number of carbonyl (C=O) groups excluding carboxylic acids is 1. The average molecular weight is 480 g/mol. The Bertz CT molecular complexity index is 1560. The number of H-pyrrole nitrogens is 1. The van der Waals surface area contributed by atoms with Crippen molar-refractivity contribution in [3.8, 4) is 11.6 Å². The summed E-state index contributed by atoms with van der Waals surface area (Å²) in [6, 6.07) is 7.88. The summed E-state index contributed by atoms with van der Waals surface area (Å²) in [4.78, 5) is 26.2. The van der Waals surface area contributed by atoms with E-state index in [0.717, 1.165) is 10.2 Å². The topological polar surface area (TPSA) is 118 Å². The maximum Gasteiger partial charge on any atom is 0.312 e. The van der Waals surface area contributed by atoms with Gasteiger partial charge in [0, 0.05) is 24.9 Å². The molecular weight excluding hydrogens is 465 g/mol. The van der Waals surface area contributed by atoms with Gasteiger partial charge < -0.3 is 14.3 Å². The number of amides is 1. The second-order valence-corrected chi connectivity index (χ2v) is 7.82. The fourth-order valence-electron chi connectivity index (χ4n) is 4.22.